The molecule has 1 fully saturated rings. The van der Waals surface area contributed by atoms with Crippen LogP contribution in [0.1, 0.15) is 19.8 Å². The van der Waals surface area contributed by atoms with Crippen LogP contribution in [0.5, 0.6) is 5.75 Å². The molecule has 0 spiro atoms. The monoisotopic (exact) mass is 291 g/mol. The Labute approximate surface area is 126 Å². The molecule has 5 nitrogen and oxygen atoms in total. The van der Waals surface area contributed by atoms with Crippen molar-refractivity contribution in [2.75, 3.05) is 32.8 Å². The van der Waals surface area contributed by atoms with Crippen LogP contribution in [0.15, 0.2) is 35.3 Å². The molecule has 5 heteroatoms. The largest absolute Gasteiger partial charge is 0.492 e. The zero-order valence-corrected chi connectivity index (χ0v) is 12.7. The van der Waals surface area contributed by atoms with Crippen LogP contribution in [-0.2, 0) is 4.74 Å². The Morgan fingerprint density at radius 2 is 2.19 bits per heavy atom. The van der Waals surface area contributed by atoms with E-state index in [-0.39, 0.29) is 6.10 Å². The van der Waals surface area contributed by atoms with Crippen molar-refractivity contribution in [3.63, 3.8) is 0 Å². The van der Waals surface area contributed by atoms with Gasteiger partial charge in [0, 0.05) is 13.2 Å². The molecule has 0 amide bonds. The van der Waals surface area contributed by atoms with Gasteiger partial charge in [-0.05, 0) is 31.9 Å². The van der Waals surface area contributed by atoms with Crippen molar-refractivity contribution in [3.8, 4) is 5.75 Å². The van der Waals surface area contributed by atoms with Crippen molar-refractivity contribution in [3.05, 3.63) is 30.3 Å². The first-order valence-corrected chi connectivity index (χ1v) is 7.70. The fourth-order valence-corrected chi connectivity index (χ4v) is 2.18. The molecule has 1 unspecified atom stereocenters. The summed E-state index contributed by atoms with van der Waals surface area (Å²) in [5, 5.41) is 6.51. The number of para-hydroxylation sites is 1. The molecule has 1 aliphatic rings. The van der Waals surface area contributed by atoms with E-state index in [2.05, 4.69) is 22.5 Å². The van der Waals surface area contributed by atoms with Gasteiger partial charge in [0.2, 0.25) is 0 Å². The molecule has 0 radical (unpaired) electrons. The van der Waals surface area contributed by atoms with Crippen LogP contribution in [0.4, 0.5) is 0 Å². The molecule has 0 aromatic heterocycles. The van der Waals surface area contributed by atoms with Crippen LogP contribution in [0.2, 0.25) is 0 Å². The Morgan fingerprint density at radius 1 is 1.33 bits per heavy atom. The van der Waals surface area contributed by atoms with Gasteiger partial charge < -0.3 is 20.1 Å². The number of hydrogen-bond donors (Lipinski definition) is 2. The highest BCUT2D eigenvalue weighted by molar-refractivity contribution is 5.79. The molecule has 1 aliphatic heterocycles. The summed E-state index contributed by atoms with van der Waals surface area (Å²) in [4.78, 5) is 4.55. The Bertz CT molecular complexity index is 417. The fourth-order valence-electron chi connectivity index (χ4n) is 2.18. The molecule has 2 rings (SSSR count). The van der Waals surface area contributed by atoms with Gasteiger partial charge in [0.1, 0.15) is 12.4 Å². The third kappa shape index (κ3) is 6.04. The molecule has 1 aromatic carbocycles. The summed E-state index contributed by atoms with van der Waals surface area (Å²) in [6, 6.07) is 9.82. The summed E-state index contributed by atoms with van der Waals surface area (Å²) in [5.74, 6) is 1.71. The van der Waals surface area contributed by atoms with E-state index in [9.17, 15) is 0 Å². The topological polar surface area (TPSA) is 54.9 Å². The lowest BCUT2D eigenvalue weighted by atomic mass is 10.2. The van der Waals surface area contributed by atoms with Gasteiger partial charge in [0.05, 0.1) is 19.2 Å². The highest BCUT2D eigenvalue weighted by Gasteiger charge is 2.14. The number of hydrogen-bond acceptors (Lipinski definition) is 3. The van der Waals surface area contributed by atoms with E-state index >= 15 is 0 Å². The molecular formula is C16H25N3O2. The highest BCUT2D eigenvalue weighted by Crippen LogP contribution is 2.11. The Kier molecular flexibility index (Phi) is 6.88. The van der Waals surface area contributed by atoms with Gasteiger partial charge in [-0.2, -0.15) is 0 Å². The maximum atomic E-state index is 5.64. The van der Waals surface area contributed by atoms with Gasteiger partial charge in [0.25, 0.3) is 0 Å². The van der Waals surface area contributed by atoms with Crippen LogP contribution in [-0.4, -0.2) is 44.9 Å². The van der Waals surface area contributed by atoms with Crippen LogP contribution in [0, 0.1) is 0 Å². The molecule has 0 bridgehead atoms. The van der Waals surface area contributed by atoms with E-state index in [0.29, 0.717) is 13.2 Å². The van der Waals surface area contributed by atoms with Gasteiger partial charge >= 0.3 is 0 Å². The van der Waals surface area contributed by atoms with E-state index in [4.69, 9.17) is 9.47 Å². The van der Waals surface area contributed by atoms with Crippen molar-refractivity contribution in [2.24, 2.45) is 4.99 Å². The zero-order valence-electron chi connectivity index (χ0n) is 12.7. The number of aliphatic imine (C=N–C) groups is 1. The molecule has 2 N–H and O–H groups in total. The smallest absolute Gasteiger partial charge is 0.191 e. The molecule has 1 heterocycles. The van der Waals surface area contributed by atoms with Gasteiger partial charge in [-0.1, -0.05) is 18.2 Å². The summed E-state index contributed by atoms with van der Waals surface area (Å²) in [5.41, 5.74) is 0. The third-order valence-electron chi connectivity index (χ3n) is 3.23. The van der Waals surface area contributed by atoms with Crippen molar-refractivity contribution >= 4 is 5.96 Å². The standard InChI is InChI=1S/C16H25N3O2/c1-2-17-16(19-13-15-9-6-11-20-15)18-10-12-21-14-7-4-3-5-8-14/h3-5,7-8,15H,2,6,9-13H2,1H3,(H2,17,18,19). The molecule has 1 atom stereocenters. The average molecular weight is 291 g/mol. The van der Waals surface area contributed by atoms with Crippen molar-refractivity contribution < 1.29 is 9.47 Å². The quantitative estimate of drug-likeness (QED) is 0.457. The highest BCUT2D eigenvalue weighted by atomic mass is 16.5. The normalized spacial score (nSPS) is 18.5. The number of nitrogens with zero attached hydrogens (tertiary/aromatic N) is 1. The van der Waals surface area contributed by atoms with Crippen LogP contribution in [0.3, 0.4) is 0 Å². The van der Waals surface area contributed by atoms with Gasteiger partial charge in [0.15, 0.2) is 5.96 Å². The maximum Gasteiger partial charge on any atom is 0.191 e. The first-order chi connectivity index (χ1) is 10.4. The summed E-state index contributed by atoms with van der Waals surface area (Å²) < 4.78 is 11.2. The van der Waals surface area contributed by atoms with E-state index in [0.717, 1.165) is 44.2 Å². The second-order valence-corrected chi connectivity index (χ2v) is 4.94. The second kappa shape index (κ2) is 9.23. The lowest BCUT2D eigenvalue weighted by Gasteiger charge is -2.13. The van der Waals surface area contributed by atoms with Crippen molar-refractivity contribution in [2.45, 2.75) is 25.9 Å². The minimum atomic E-state index is 0.279. The Hall–Kier alpha value is -1.75. The van der Waals surface area contributed by atoms with Crippen LogP contribution >= 0.6 is 0 Å². The second-order valence-electron chi connectivity index (χ2n) is 4.94. The Morgan fingerprint density at radius 3 is 2.90 bits per heavy atom. The molecule has 1 saturated heterocycles. The lowest BCUT2D eigenvalue weighted by molar-refractivity contribution is 0.117. The number of rotatable bonds is 7. The molecule has 21 heavy (non-hydrogen) atoms. The number of ether oxygens (including phenoxy) is 2. The Balaban J connectivity index is 1.68. The van der Waals surface area contributed by atoms with Crippen molar-refractivity contribution in [1.82, 2.24) is 10.6 Å². The first-order valence-electron chi connectivity index (χ1n) is 7.70. The average Bonchev–Trinajstić information content (AvgIpc) is 3.03. The van der Waals surface area contributed by atoms with E-state index < -0.39 is 0 Å². The molecule has 0 aliphatic carbocycles. The van der Waals surface area contributed by atoms with Crippen LogP contribution in [0.25, 0.3) is 0 Å². The zero-order chi connectivity index (χ0) is 14.8. The van der Waals surface area contributed by atoms with Gasteiger partial charge in [-0.3, -0.25) is 4.99 Å². The number of nitrogens with one attached hydrogen (secondary N) is 2. The molecule has 1 aromatic rings. The predicted octanol–water partition coefficient (Wildman–Crippen LogP) is 1.80. The first kappa shape index (κ1) is 15.6. The van der Waals surface area contributed by atoms with E-state index in [1.165, 1.54) is 0 Å². The van der Waals surface area contributed by atoms with Crippen LogP contribution < -0.4 is 15.4 Å². The maximum absolute atomic E-state index is 5.64. The van der Waals surface area contributed by atoms with Gasteiger partial charge in [-0.15, -0.1) is 0 Å². The van der Waals surface area contributed by atoms with Gasteiger partial charge in [-0.25, -0.2) is 0 Å². The minimum absolute atomic E-state index is 0.279. The number of guanidine groups is 1. The molecule has 116 valence electrons. The van der Waals surface area contributed by atoms with Crippen molar-refractivity contribution in [1.29, 1.82) is 0 Å². The minimum Gasteiger partial charge on any atom is -0.492 e. The third-order valence-corrected chi connectivity index (χ3v) is 3.23. The SMILES string of the molecule is CCNC(=NCC1CCCO1)NCCOc1ccccc1. The fraction of sp³-hybridized carbons (Fsp3) is 0.562. The summed E-state index contributed by atoms with van der Waals surface area (Å²) in [6.45, 7) is 5.81. The lowest BCUT2D eigenvalue weighted by Crippen LogP contribution is -2.39. The molecule has 0 saturated carbocycles. The number of benzene rings is 1. The predicted molar refractivity (Wildman–Crippen MR) is 84.9 cm³/mol. The molecular weight excluding hydrogens is 266 g/mol. The van der Waals surface area contributed by atoms with E-state index in [1.54, 1.807) is 0 Å². The summed E-state index contributed by atoms with van der Waals surface area (Å²) in [6.07, 6.45) is 2.54. The summed E-state index contributed by atoms with van der Waals surface area (Å²) >= 11 is 0. The summed E-state index contributed by atoms with van der Waals surface area (Å²) in [7, 11) is 0. The van der Waals surface area contributed by atoms with E-state index in [1.807, 2.05) is 30.3 Å².